The Kier molecular flexibility index (Phi) is 3.64. The zero-order valence-electron chi connectivity index (χ0n) is 13.4. The lowest BCUT2D eigenvalue weighted by Gasteiger charge is -2.42. The Morgan fingerprint density at radius 1 is 1.00 bits per heavy atom. The minimum atomic E-state index is 0.313. The minimum absolute atomic E-state index is 0.313. The van der Waals surface area contributed by atoms with Gasteiger partial charge in [-0.1, -0.05) is 58.9 Å². The monoisotopic (exact) mass is 256 g/mol. The summed E-state index contributed by atoms with van der Waals surface area (Å²) in [6, 6.07) is 4.88. The summed E-state index contributed by atoms with van der Waals surface area (Å²) in [6.07, 6.45) is 8.22. The fraction of sp³-hybridized carbons (Fsp3) is 0.579. The number of allylic oxidation sites excluding steroid dienone is 1. The van der Waals surface area contributed by atoms with Crippen LogP contribution in [-0.2, 0) is 10.8 Å². The fourth-order valence-corrected chi connectivity index (χ4v) is 3.16. The van der Waals surface area contributed by atoms with Gasteiger partial charge >= 0.3 is 0 Å². The van der Waals surface area contributed by atoms with Crippen molar-refractivity contribution in [3.05, 3.63) is 40.5 Å². The highest BCUT2D eigenvalue weighted by Gasteiger charge is 2.37. The molecule has 0 nitrogen and oxygen atoms in total. The van der Waals surface area contributed by atoms with Gasteiger partial charge in [0.15, 0.2) is 0 Å². The van der Waals surface area contributed by atoms with Gasteiger partial charge in [-0.05, 0) is 59.3 Å². The van der Waals surface area contributed by atoms with E-state index in [0.717, 1.165) is 6.42 Å². The molecule has 0 amide bonds. The van der Waals surface area contributed by atoms with E-state index < -0.39 is 0 Å². The van der Waals surface area contributed by atoms with Crippen molar-refractivity contribution in [3.63, 3.8) is 0 Å². The number of fused-ring (bicyclic) bond motifs is 1. The molecule has 0 fully saturated rings. The molecule has 1 aromatic carbocycles. The standard InChI is InChI=1S/C19H28/c1-7-8-9-15-13-17-16(12-14(15)2)18(3,4)10-11-19(17,5)6/h8-9,12-13H,7,10-11H2,1-6H3. The smallest absolute Gasteiger partial charge is 0.0100 e. The molecule has 104 valence electrons. The molecule has 0 bridgehead atoms. The van der Waals surface area contributed by atoms with Crippen molar-refractivity contribution < 1.29 is 0 Å². The predicted octanol–water partition coefficient (Wildman–Crippen LogP) is 5.77. The van der Waals surface area contributed by atoms with Crippen molar-refractivity contribution in [1.82, 2.24) is 0 Å². The number of rotatable bonds is 2. The molecule has 0 unspecified atom stereocenters. The summed E-state index contributed by atoms with van der Waals surface area (Å²) in [5.41, 5.74) is 6.57. The van der Waals surface area contributed by atoms with E-state index in [9.17, 15) is 0 Å². The SMILES string of the molecule is CCC=Cc1cc2c(cc1C)C(C)(C)CCC2(C)C. The van der Waals surface area contributed by atoms with Crippen LogP contribution in [0.3, 0.4) is 0 Å². The molecule has 0 heterocycles. The lowest BCUT2D eigenvalue weighted by molar-refractivity contribution is 0.331. The average Bonchev–Trinajstić information content (AvgIpc) is 2.33. The van der Waals surface area contributed by atoms with Gasteiger partial charge in [0, 0.05) is 0 Å². The van der Waals surface area contributed by atoms with Crippen LogP contribution in [0.15, 0.2) is 18.2 Å². The van der Waals surface area contributed by atoms with E-state index in [0.29, 0.717) is 10.8 Å². The van der Waals surface area contributed by atoms with Gasteiger partial charge < -0.3 is 0 Å². The van der Waals surface area contributed by atoms with E-state index in [1.54, 1.807) is 11.1 Å². The van der Waals surface area contributed by atoms with Crippen molar-refractivity contribution in [2.24, 2.45) is 0 Å². The number of benzene rings is 1. The van der Waals surface area contributed by atoms with Gasteiger partial charge in [-0.15, -0.1) is 0 Å². The molecule has 0 heteroatoms. The molecule has 1 aromatic rings. The molecule has 0 atom stereocenters. The van der Waals surface area contributed by atoms with Crippen LogP contribution in [-0.4, -0.2) is 0 Å². The second kappa shape index (κ2) is 4.81. The second-order valence-corrected chi connectivity index (χ2v) is 7.33. The normalized spacial score (nSPS) is 20.5. The van der Waals surface area contributed by atoms with E-state index in [2.05, 4.69) is 65.8 Å². The lowest BCUT2D eigenvalue weighted by atomic mass is 9.62. The first-order valence-electron chi connectivity index (χ1n) is 7.60. The predicted molar refractivity (Wildman–Crippen MR) is 85.8 cm³/mol. The molecular formula is C19H28. The summed E-state index contributed by atoms with van der Waals surface area (Å²) < 4.78 is 0. The molecule has 0 radical (unpaired) electrons. The molecule has 0 saturated heterocycles. The van der Waals surface area contributed by atoms with Crippen LogP contribution in [0.25, 0.3) is 6.08 Å². The van der Waals surface area contributed by atoms with Gasteiger partial charge in [0.05, 0.1) is 0 Å². The van der Waals surface area contributed by atoms with Crippen molar-refractivity contribution in [3.8, 4) is 0 Å². The second-order valence-electron chi connectivity index (χ2n) is 7.33. The topological polar surface area (TPSA) is 0 Å². The number of aryl methyl sites for hydroxylation is 1. The van der Waals surface area contributed by atoms with E-state index in [-0.39, 0.29) is 0 Å². The zero-order chi connectivity index (χ0) is 14.3. The molecule has 19 heavy (non-hydrogen) atoms. The first-order chi connectivity index (χ1) is 8.78. The Balaban J connectivity index is 2.61. The highest BCUT2D eigenvalue weighted by molar-refractivity contribution is 5.59. The first kappa shape index (κ1) is 14.4. The molecule has 1 aliphatic carbocycles. The number of hydrogen-bond acceptors (Lipinski definition) is 0. The van der Waals surface area contributed by atoms with Crippen molar-refractivity contribution in [2.45, 2.75) is 71.6 Å². The van der Waals surface area contributed by atoms with E-state index in [1.165, 1.54) is 24.0 Å². The quantitative estimate of drug-likeness (QED) is 0.630. The average molecular weight is 256 g/mol. The minimum Gasteiger partial charge on any atom is -0.0842 e. The van der Waals surface area contributed by atoms with E-state index >= 15 is 0 Å². The van der Waals surface area contributed by atoms with Crippen LogP contribution in [0.4, 0.5) is 0 Å². The van der Waals surface area contributed by atoms with Crippen LogP contribution in [0.5, 0.6) is 0 Å². The highest BCUT2D eigenvalue weighted by atomic mass is 14.4. The molecule has 1 aliphatic rings. The van der Waals surface area contributed by atoms with Gasteiger partial charge in [-0.25, -0.2) is 0 Å². The third-order valence-electron chi connectivity index (χ3n) is 4.77. The zero-order valence-corrected chi connectivity index (χ0v) is 13.4. The molecule has 0 aliphatic heterocycles. The van der Waals surface area contributed by atoms with Crippen LogP contribution in [0.2, 0.25) is 0 Å². The maximum Gasteiger partial charge on any atom is -0.0100 e. The summed E-state index contributed by atoms with van der Waals surface area (Å²) in [6.45, 7) is 14.0. The molecule has 0 spiro atoms. The molecule has 0 aromatic heterocycles. The van der Waals surface area contributed by atoms with Gasteiger partial charge in [-0.2, -0.15) is 0 Å². The van der Waals surface area contributed by atoms with Crippen LogP contribution in [0.1, 0.15) is 76.1 Å². The van der Waals surface area contributed by atoms with Gasteiger partial charge in [-0.3, -0.25) is 0 Å². The first-order valence-corrected chi connectivity index (χ1v) is 7.60. The van der Waals surface area contributed by atoms with E-state index in [1.807, 2.05) is 0 Å². The highest BCUT2D eigenvalue weighted by Crippen LogP contribution is 2.46. The van der Waals surface area contributed by atoms with E-state index in [4.69, 9.17) is 0 Å². The Hall–Kier alpha value is -1.04. The van der Waals surface area contributed by atoms with Crippen molar-refractivity contribution in [1.29, 1.82) is 0 Å². The van der Waals surface area contributed by atoms with Crippen LogP contribution < -0.4 is 0 Å². The third kappa shape index (κ3) is 2.63. The van der Waals surface area contributed by atoms with Gasteiger partial charge in [0.2, 0.25) is 0 Å². The molecule has 0 saturated carbocycles. The van der Waals surface area contributed by atoms with Crippen molar-refractivity contribution >= 4 is 6.08 Å². The summed E-state index contributed by atoms with van der Waals surface area (Å²) in [5.74, 6) is 0. The van der Waals surface area contributed by atoms with Crippen LogP contribution >= 0.6 is 0 Å². The Labute approximate surface area is 118 Å². The molecule has 2 rings (SSSR count). The maximum absolute atomic E-state index is 2.44. The summed E-state index contributed by atoms with van der Waals surface area (Å²) in [4.78, 5) is 0. The largest absolute Gasteiger partial charge is 0.0842 e. The van der Waals surface area contributed by atoms with Crippen LogP contribution in [0, 0.1) is 6.92 Å². The summed E-state index contributed by atoms with van der Waals surface area (Å²) in [5, 5.41) is 0. The molecular weight excluding hydrogens is 228 g/mol. The summed E-state index contributed by atoms with van der Waals surface area (Å²) >= 11 is 0. The molecule has 0 N–H and O–H groups in total. The Bertz CT molecular complexity index is 501. The van der Waals surface area contributed by atoms with Gasteiger partial charge in [0.1, 0.15) is 0 Å². The number of hydrogen-bond donors (Lipinski definition) is 0. The van der Waals surface area contributed by atoms with Crippen molar-refractivity contribution in [2.75, 3.05) is 0 Å². The Morgan fingerprint density at radius 2 is 1.53 bits per heavy atom. The summed E-state index contributed by atoms with van der Waals surface area (Å²) in [7, 11) is 0. The lowest BCUT2D eigenvalue weighted by Crippen LogP contribution is -2.34. The van der Waals surface area contributed by atoms with Gasteiger partial charge in [0.25, 0.3) is 0 Å². The Morgan fingerprint density at radius 3 is 2.05 bits per heavy atom. The third-order valence-corrected chi connectivity index (χ3v) is 4.77. The fourth-order valence-electron chi connectivity index (χ4n) is 3.16. The maximum atomic E-state index is 2.44.